The van der Waals surface area contributed by atoms with Gasteiger partial charge in [-0.05, 0) is 44.9 Å². The van der Waals surface area contributed by atoms with Crippen molar-refractivity contribution in [2.45, 2.75) is 53.2 Å². The average molecular weight is 256 g/mol. The molecule has 5 heteroatoms. The van der Waals surface area contributed by atoms with Crippen molar-refractivity contribution in [1.29, 1.82) is 0 Å². The fourth-order valence-corrected chi connectivity index (χ4v) is 4.35. The summed E-state index contributed by atoms with van der Waals surface area (Å²) >= 11 is 9.45. The predicted octanol–water partition coefficient (Wildman–Crippen LogP) is 4.02. The van der Waals surface area contributed by atoms with Crippen LogP contribution in [0.5, 0.6) is 0 Å². The van der Waals surface area contributed by atoms with Crippen LogP contribution < -0.4 is 0 Å². The van der Waals surface area contributed by atoms with Gasteiger partial charge in [0.15, 0.2) is 0 Å². The standard InChI is InChI=1S/C9H21O2PS2/c1-7(2)6-9(5)11-12(13,14)10-8(3)4/h7-9H,6H2,1-5H3,(H,13,14)/t9-/m1/s1. The van der Waals surface area contributed by atoms with Gasteiger partial charge < -0.3 is 9.05 Å². The summed E-state index contributed by atoms with van der Waals surface area (Å²) in [6.07, 6.45) is 1.18. The van der Waals surface area contributed by atoms with E-state index in [2.05, 4.69) is 26.1 Å². The molecule has 0 radical (unpaired) electrons. The van der Waals surface area contributed by atoms with E-state index in [1.54, 1.807) is 0 Å². The molecule has 86 valence electrons. The van der Waals surface area contributed by atoms with Crippen molar-refractivity contribution in [2.75, 3.05) is 0 Å². The van der Waals surface area contributed by atoms with E-state index < -0.39 is 5.69 Å². The quantitative estimate of drug-likeness (QED) is 0.572. The van der Waals surface area contributed by atoms with Crippen LogP contribution in [0, 0.1) is 5.92 Å². The summed E-state index contributed by atoms with van der Waals surface area (Å²) in [7, 11) is 0. The predicted molar refractivity (Wildman–Crippen MR) is 69.5 cm³/mol. The SMILES string of the molecule is CC(C)C[C@@H](C)OP(=S)(S)OC(C)C. The van der Waals surface area contributed by atoms with Gasteiger partial charge in [-0.15, -0.1) is 0 Å². The summed E-state index contributed by atoms with van der Waals surface area (Å²) in [4.78, 5) is 0. The number of thiol groups is 1. The second-order valence-corrected chi connectivity index (χ2v) is 9.36. The lowest BCUT2D eigenvalue weighted by molar-refractivity contribution is 0.161. The molecule has 1 unspecified atom stereocenters. The Bertz CT molecular complexity index is 207. The molecule has 2 atom stereocenters. The lowest BCUT2D eigenvalue weighted by Gasteiger charge is -2.24. The van der Waals surface area contributed by atoms with Gasteiger partial charge in [0.05, 0.1) is 12.2 Å². The summed E-state index contributed by atoms with van der Waals surface area (Å²) in [6.45, 7) is 10.2. The van der Waals surface area contributed by atoms with Gasteiger partial charge >= 0.3 is 0 Å². The fourth-order valence-electron chi connectivity index (χ4n) is 1.23. The lowest BCUT2D eigenvalue weighted by atomic mass is 10.1. The van der Waals surface area contributed by atoms with E-state index in [4.69, 9.17) is 20.9 Å². The van der Waals surface area contributed by atoms with Crippen LogP contribution in [0.4, 0.5) is 0 Å². The molecule has 0 aromatic rings. The van der Waals surface area contributed by atoms with Crippen LogP contribution in [0.3, 0.4) is 0 Å². The van der Waals surface area contributed by atoms with E-state index in [-0.39, 0.29) is 12.2 Å². The van der Waals surface area contributed by atoms with E-state index in [0.29, 0.717) is 5.92 Å². The van der Waals surface area contributed by atoms with Gasteiger partial charge in [0.1, 0.15) is 0 Å². The fraction of sp³-hybridized carbons (Fsp3) is 1.00. The van der Waals surface area contributed by atoms with Crippen LogP contribution in [-0.4, -0.2) is 12.2 Å². The molecule has 0 aliphatic rings. The molecule has 0 bridgehead atoms. The summed E-state index contributed by atoms with van der Waals surface area (Å²) in [5, 5.41) is 0. The van der Waals surface area contributed by atoms with E-state index in [9.17, 15) is 0 Å². The second kappa shape index (κ2) is 6.49. The smallest absolute Gasteiger partial charge is 0.244 e. The molecule has 0 amide bonds. The summed E-state index contributed by atoms with van der Waals surface area (Å²) in [5.41, 5.74) is -2.33. The van der Waals surface area contributed by atoms with Crippen LogP contribution in [0.15, 0.2) is 0 Å². The van der Waals surface area contributed by atoms with Gasteiger partial charge in [-0.3, -0.25) is 0 Å². The zero-order chi connectivity index (χ0) is 11.4. The van der Waals surface area contributed by atoms with Gasteiger partial charge in [0.25, 0.3) is 0 Å². The third-order valence-electron chi connectivity index (χ3n) is 1.46. The highest BCUT2D eigenvalue weighted by Gasteiger charge is 2.19. The molecule has 14 heavy (non-hydrogen) atoms. The van der Waals surface area contributed by atoms with E-state index >= 15 is 0 Å². The number of hydrogen-bond donors (Lipinski definition) is 1. The first-order valence-electron chi connectivity index (χ1n) is 4.92. The van der Waals surface area contributed by atoms with Crippen molar-refractivity contribution in [3.8, 4) is 0 Å². The maximum Gasteiger partial charge on any atom is 0.244 e. The Hall–Kier alpha value is 0.920. The van der Waals surface area contributed by atoms with Crippen LogP contribution in [0.1, 0.15) is 41.0 Å². The molecule has 0 heterocycles. The second-order valence-electron chi connectivity index (χ2n) is 4.17. The van der Waals surface area contributed by atoms with Gasteiger partial charge in [0.2, 0.25) is 5.69 Å². The minimum atomic E-state index is -2.33. The molecule has 0 rings (SSSR count). The Labute approximate surface area is 98.1 Å². The highest BCUT2D eigenvalue weighted by Crippen LogP contribution is 2.55. The van der Waals surface area contributed by atoms with Crippen LogP contribution in [0.25, 0.3) is 0 Å². The molecular weight excluding hydrogens is 235 g/mol. The maximum atomic E-state index is 5.63. The largest absolute Gasteiger partial charge is 0.319 e. The number of hydrogen-bond acceptors (Lipinski definition) is 3. The van der Waals surface area contributed by atoms with Crippen molar-refractivity contribution in [3.63, 3.8) is 0 Å². The van der Waals surface area contributed by atoms with Gasteiger partial charge in [-0.1, -0.05) is 26.1 Å². The Morgan fingerprint density at radius 2 is 1.64 bits per heavy atom. The molecular formula is C9H21O2PS2. The third-order valence-corrected chi connectivity index (χ3v) is 3.86. The van der Waals surface area contributed by atoms with Crippen LogP contribution in [0.2, 0.25) is 0 Å². The minimum Gasteiger partial charge on any atom is -0.319 e. The van der Waals surface area contributed by atoms with Crippen molar-refractivity contribution in [2.24, 2.45) is 5.92 Å². The first-order chi connectivity index (χ1) is 6.23. The summed E-state index contributed by atoms with van der Waals surface area (Å²) in [5.74, 6) is 0.604. The molecule has 0 fully saturated rings. The van der Waals surface area contributed by atoms with Gasteiger partial charge in [-0.25, -0.2) is 0 Å². The summed E-state index contributed by atoms with van der Waals surface area (Å²) < 4.78 is 11.1. The molecule has 0 spiro atoms. The highest BCUT2D eigenvalue weighted by molar-refractivity contribution is 8.60. The zero-order valence-electron chi connectivity index (χ0n) is 9.56. The summed E-state index contributed by atoms with van der Waals surface area (Å²) in [6, 6.07) is 0. The Balaban J connectivity index is 4.02. The first kappa shape index (κ1) is 14.9. The minimum absolute atomic E-state index is 0.0737. The van der Waals surface area contributed by atoms with E-state index in [0.717, 1.165) is 6.42 Å². The molecule has 0 saturated heterocycles. The zero-order valence-corrected chi connectivity index (χ0v) is 12.2. The van der Waals surface area contributed by atoms with Crippen LogP contribution in [-0.2, 0) is 20.9 Å². The Morgan fingerprint density at radius 1 is 1.14 bits per heavy atom. The molecule has 0 saturated carbocycles. The van der Waals surface area contributed by atoms with Crippen molar-refractivity contribution in [3.05, 3.63) is 0 Å². The normalized spacial score (nSPS) is 18.6. The number of rotatable bonds is 6. The molecule has 0 N–H and O–H groups in total. The van der Waals surface area contributed by atoms with Crippen LogP contribution >= 0.6 is 17.9 Å². The highest BCUT2D eigenvalue weighted by atomic mass is 32.9. The van der Waals surface area contributed by atoms with E-state index in [1.165, 1.54) is 0 Å². The third kappa shape index (κ3) is 8.25. The Morgan fingerprint density at radius 3 is 2.00 bits per heavy atom. The lowest BCUT2D eigenvalue weighted by Crippen LogP contribution is -2.10. The molecule has 0 aromatic carbocycles. The monoisotopic (exact) mass is 256 g/mol. The van der Waals surface area contributed by atoms with Gasteiger partial charge in [0, 0.05) is 0 Å². The molecule has 0 aliphatic carbocycles. The Kier molecular flexibility index (Phi) is 6.92. The van der Waals surface area contributed by atoms with Gasteiger partial charge in [-0.2, -0.15) is 0 Å². The van der Waals surface area contributed by atoms with Crippen molar-refractivity contribution in [1.82, 2.24) is 0 Å². The topological polar surface area (TPSA) is 18.5 Å². The first-order valence-corrected chi connectivity index (χ1v) is 8.71. The van der Waals surface area contributed by atoms with Crippen molar-refractivity contribution >= 4 is 29.7 Å². The molecule has 2 nitrogen and oxygen atoms in total. The molecule has 0 aliphatic heterocycles. The average Bonchev–Trinajstić information content (AvgIpc) is 1.77. The van der Waals surface area contributed by atoms with E-state index in [1.807, 2.05) is 20.8 Å². The van der Waals surface area contributed by atoms with Crippen molar-refractivity contribution < 1.29 is 9.05 Å². The maximum absolute atomic E-state index is 5.63. The molecule has 0 aromatic heterocycles.